The fourth-order valence-electron chi connectivity index (χ4n) is 2.72. The van der Waals surface area contributed by atoms with Gasteiger partial charge in [0.1, 0.15) is 4.70 Å². The Morgan fingerprint density at radius 2 is 1.96 bits per heavy atom. The third kappa shape index (κ3) is 3.60. The molecule has 0 amide bonds. The molecule has 0 radical (unpaired) electrons. The third-order valence-corrected chi connectivity index (χ3v) is 6.73. The fourth-order valence-corrected chi connectivity index (χ4v) is 5.19. The molecule has 2 aromatic carbocycles. The van der Waals surface area contributed by atoms with Crippen LogP contribution in [-0.4, -0.2) is 14.1 Å². The Morgan fingerprint density at radius 1 is 1.19 bits per heavy atom. The predicted molar refractivity (Wildman–Crippen MR) is 116 cm³/mol. The van der Waals surface area contributed by atoms with Gasteiger partial charge in [-0.05, 0) is 42.0 Å². The van der Waals surface area contributed by atoms with Crippen LogP contribution in [0.2, 0.25) is 5.02 Å². The summed E-state index contributed by atoms with van der Waals surface area (Å²) in [5.41, 5.74) is 2.50. The highest BCUT2D eigenvalue weighted by Crippen LogP contribution is 2.27. The van der Waals surface area contributed by atoms with Crippen LogP contribution < -0.4 is 5.56 Å². The monoisotopic (exact) mass is 431 g/mol. The van der Waals surface area contributed by atoms with Crippen LogP contribution in [0.4, 0.5) is 0 Å². The standard InChI is InChI=1S/C19H14ClN3OS3/c1-22-17(24)15-16(23(19(25)27-15)14-8-3-2-4-9-14)21-18(22)26-11-12-6-5-7-13(20)10-12/h2-10H,11H2,1H3. The van der Waals surface area contributed by atoms with Crippen molar-refractivity contribution >= 4 is 57.3 Å². The summed E-state index contributed by atoms with van der Waals surface area (Å²) in [6, 6.07) is 17.4. The molecule has 0 bridgehead atoms. The van der Waals surface area contributed by atoms with Crippen LogP contribution >= 0.6 is 46.9 Å². The SMILES string of the molecule is Cn1c(SCc2cccc(Cl)c2)nc2c(sc(=S)n2-c2ccccc2)c1=O. The van der Waals surface area contributed by atoms with Crippen LogP contribution in [0.25, 0.3) is 16.0 Å². The number of benzene rings is 2. The number of thioether (sulfide) groups is 1. The zero-order valence-electron chi connectivity index (χ0n) is 14.3. The maximum Gasteiger partial charge on any atom is 0.273 e. The van der Waals surface area contributed by atoms with Crippen molar-refractivity contribution in [2.45, 2.75) is 10.9 Å². The van der Waals surface area contributed by atoms with Gasteiger partial charge in [0.05, 0.1) is 0 Å². The average Bonchev–Trinajstić information content (AvgIpc) is 3.00. The number of para-hydroxylation sites is 1. The number of rotatable bonds is 4. The van der Waals surface area contributed by atoms with Gasteiger partial charge in [0.2, 0.25) is 0 Å². The molecule has 8 heteroatoms. The molecule has 4 aromatic rings. The van der Waals surface area contributed by atoms with E-state index in [0.717, 1.165) is 11.3 Å². The second-order valence-electron chi connectivity index (χ2n) is 5.87. The summed E-state index contributed by atoms with van der Waals surface area (Å²) in [4.78, 5) is 17.6. The molecule has 0 saturated carbocycles. The van der Waals surface area contributed by atoms with Crippen molar-refractivity contribution in [2.24, 2.45) is 7.05 Å². The average molecular weight is 432 g/mol. The van der Waals surface area contributed by atoms with Crippen molar-refractivity contribution < 1.29 is 0 Å². The Morgan fingerprint density at radius 3 is 2.70 bits per heavy atom. The Balaban J connectivity index is 1.81. The summed E-state index contributed by atoms with van der Waals surface area (Å²) < 4.78 is 4.62. The van der Waals surface area contributed by atoms with Crippen LogP contribution in [0, 0.1) is 3.95 Å². The van der Waals surface area contributed by atoms with Crippen LogP contribution in [0.5, 0.6) is 0 Å². The molecule has 27 heavy (non-hydrogen) atoms. The molecule has 0 aliphatic heterocycles. The van der Waals surface area contributed by atoms with E-state index in [2.05, 4.69) is 0 Å². The number of nitrogens with zero attached hydrogens (tertiary/aromatic N) is 3. The van der Waals surface area contributed by atoms with Crippen molar-refractivity contribution in [1.82, 2.24) is 14.1 Å². The van der Waals surface area contributed by atoms with Crippen molar-refractivity contribution in [3.63, 3.8) is 0 Å². The van der Waals surface area contributed by atoms with Crippen molar-refractivity contribution in [3.8, 4) is 5.69 Å². The second-order valence-corrected chi connectivity index (χ2v) is 8.89. The molecular weight excluding hydrogens is 418 g/mol. The topological polar surface area (TPSA) is 39.8 Å². The van der Waals surface area contributed by atoms with E-state index < -0.39 is 0 Å². The Kier molecular flexibility index (Phi) is 5.19. The quantitative estimate of drug-likeness (QED) is 0.244. The van der Waals surface area contributed by atoms with Gasteiger partial charge in [-0.3, -0.25) is 13.9 Å². The lowest BCUT2D eigenvalue weighted by molar-refractivity contribution is 0.722. The summed E-state index contributed by atoms with van der Waals surface area (Å²) in [5, 5.41) is 1.34. The van der Waals surface area contributed by atoms with E-state index in [0.29, 0.717) is 30.2 Å². The molecule has 136 valence electrons. The lowest BCUT2D eigenvalue weighted by Crippen LogP contribution is -2.19. The fraction of sp³-hybridized carbons (Fsp3) is 0.105. The molecule has 0 saturated heterocycles. The minimum atomic E-state index is -0.0839. The van der Waals surface area contributed by atoms with Crippen LogP contribution in [0.1, 0.15) is 5.56 Å². The minimum Gasteiger partial charge on any atom is -0.289 e. The molecule has 4 rings (SSSR count). The highest BCUT2D eigenvalue weighted by molar-refractivity contribution is 7.98. The number of hydrogen-bond donors (Lipinski definition) is 0. The van der Waals surface area contributed by atoms with Crippen LogP contribution in [0.15, 0.2) is 64.5 Å². The molecule has 0 aliphatic carbocycles. The molecular formula is C19H14ClN3OS3. The first-order valence-electron chi connectivity index (χ1n) is 8.10. The summed E-state index contributed by atoms with van der Waals surface area (Å²) in [6.45, 7) is 0. The Hall–Kier alpha value is -1.93. The first-order chi connectivity index (χ1) is 13.0. The van der Waals surface area contributed by atoms with Gasteiger partial charge < -0.3 is 0 Å². The molecule has 0 fully saturated rings. The number of aromatic nitrogens is 3. The molecule has 0 N–H and O–H groups in total. The molecule has 2 heterocycles. The van der Waals surface area contributed by atoms with E-state index in [1.165, 1.54) is 23.1 Å². The summed E-state index contributed by atoms with van der Waals surface area (Å²) in [6.07, 6.45) is 0. The van der Waals surface area contributed by atoms with Gasteiger partial charge in [-0.2, -0.15) is 0 Å². The lowest BCUT2D eigenvalue weighted by atomic mass is 10.2. The molecule has 0 spiro atoms. The third-order valence-electron chi connectivity index (χ3n) is 4.05. The number of thiazole rings is 1. The van der Waals surface area contributed by atoms with E-state index in [1.807, 2.05) is 59.2 Å². The van der Waals surface area contributed by atoms with Gasteiger partial charge >= 0.3 is 0 Å². The lowest BCUT2D eigenvalue weighted by Gasteiger charge is -2.09. The van der Waals surface area contributed by atoms with Crippen molar-refractivity contribution in [1.29, 1.82) is 0 Å². The van der Waals surface area contributed by atoms with Crippen LogP contribution in [0.3, 0.4) is 0 Å². The summed E-state index contributed by atoms with van der Waals surface area (Å²) in [7, 11) is 1.74. The Labute approximate surface area is 174 Å². The van der Waals surface area contributed by atoms with Gasteiger partial charge in [-0.15, -0.1) is 0 Å². The molecule has 0 unspecified atom stereocenters. The maximum atomic E-state index is 12.9. The van der Waals surface area contributed by atoms with E-state index in [4.69, 9.17) is 28.8 Å². The van der Waals surface area contributed by atoms with Crippen LogP contribution in [-0.2, 0) is 12.8 Å². The first kappa shape index (κ1) is 18.4. The van der Waals surface area contributed by atoms with E-state index in [9.17, 15) is 4.79 Å². The first-order valence-corrected chi connectivity index (χ1v) is 10.7. The Bertz CT molecular complexity index is 1240. The smallest absolute Gasteiger partial charge is 0.273 e. The highest BCUT2D eigenvalue weighted by atomic mass is 35.5. The second kappa shape index (κ2) is 7.59. The van der Waals surface area contributed by atoms with Gasteiger partial charge in [0.25, 0.3) is 5.56 Å². The molecule has 4 nitrogen and oxygen atoms in total. The summed E-state index contributed by atoms with van der Waals surface area (Å²) >= 11 is 14.4. The minimum absolute atomic E-state index is 0.0839. The number of halogens is 1. The van der Waals surface area contributed by atoms with Crippen molar-refractivity contribution in [2.75, 3.05) is 0 Å². The zero-order chi connectivity index (χ0) is 19.0. The maximum absolute atomic E-state index is 12.9. The molecule has 0 atom stereocenters. The van der Waals surface area contributed by atoms with Gasteiger partial charge in [-0.1, -0.05) is 65.0 Å². The number of hydrogen-bond acceptors (Lipinski definition) is 5. The summed E-state index contributed by atoms with van der Waals surface area (Å²) in [5.74, 6) is 0.669. The van der Waals surface area contributed by atoms with Crippen molar-refractivity contribution in [3.05, 3.63) is 79.5 Å². The van der Waals surface area contributed by atoms with Gasteiger partial charge in [-0.25, -0.2) is 4.98 Å². The molecule has 2 aromatic heterocycles. The normalized spacial score (nSPS) is 11.2. The number of fused-ring (bicyclic) bond motifs is 1. The van der Waals surface area contributed by atoms with E-state index in [-0.39, 0.29) is 5.56 Å². The molecule has 0 aliphatic rings. The largest absolute Gasteiger partial charge is 0.289 e. The van der Waals surface area contributed by atoms with Gasteiger partial charge in [0, 0.05) is 23.5 Å². The predicted octanol–water partition coefficient (Wildman–Crippen LogP) is 5.46. The highest BCUT2D eigenvalue weighted by Gasteiger charge is 2.16. The van der Waals surface area contributed by atoms with E-state index in [1.54, 1.807) is 11.6 Å². The van der Waals surface area contributed by atoms with Gasteiger partial charge in [0.15, 0.2) is 14.8 Å². The van der Waals surface area contributed by atoms with E-state index >= 15 is 0 Å². The zero-order valence-corrected chi connectivity index (χ0v) is 17.5.